The van der Waals surface area contributed by atoms with Crippen molar-refractivity contribution in [1.29, 1.82) is 0 Å². The van der Waals surface area contributed by atoms with Crippen LogP contribution in [0.2, 0.25) is 0 Å². The van der Waals surface area contributed by atoms with Gasteiger partial charge in [0.05, 0.1) is 19.0 Å². The molecule has 6 nitrogen and oxygen atoms in total. The smallest absolute Gasteiger partial charge is 0.271 e. The van der Waals surface area contributed by atoms with Gasteiger partial charge in [-0.2, -0.15) is 0 Å². The first-order valence-corrected chi connectivity index (χ1v) is 9.95. The normalized spacial score (nSPS) is 10.9. The van der Waals surface area contributed by atoms with Crippen molar-refractivity contribution in [2.45, 2.75) is 13.5 Å². The average Bonchev–Trinajstić information content (AvgIpc) is 3.18. The van der Waals surface area contributed by atoms with Crippen LogP contribution in [0.25, 0.3) is 20.7 Å². The number of methoxy groups -OCH3 is 1. The molecule has 2 heterocycles. The van der Waals surface area contributed by atoms with Crippen LogP contribution in [-0.4, -0.2) is 22.6 Å². The van der Waals surface area contributed by atoms with Crippen LogP contribution in [0.5, 0.6) is 5.75 Å². The van der Waals surface area contributed by atoms with Gasteiger partial charge in [-0.3, -0.25) is 14.2 Å². The lowest BCUT2D eigenvalue weighted by Gasteiger charge is -2.08. The summed E-state index contributed by atoms with van der Waals surface area (Å²) in [6.07, 6.45) is 1.35. The van der Waals surface area contributed by atoms with E-state index in [0.29, 0.717) is 21.5 Å². The van der Waals surface area contributed by atoms with Crippen LogP contribution in [-0.2, 0) is 11.3 Å². The molecule has 4 aromatic rings. The Balaban J connectivity index is 1.57. The number of hydrogen-bond acceptors (Lipinski definition) is 5. The lowest BCUT2D eigenvalue weighted by molar-refractivity contribution is -0.116. The molecular weight excluding hydrogens is 405 g/mol. The number of halogens is 1. The second-order valence-corrected chi connectivity index (χ2v) is 7.80. The lowest BCUT2D eigenvalue weighted by atomic mass is 10.2. The quantitative estimate of drug-likeness (QED) is 0.522. The van der Waals surface area contributed by atoms with E-state index in [2.05, 4.69) is 10.3 Å². The highest BCUT2D eigenvalue weighted by Gasteiger charge is 2.13. The summed E-state index contributed by atoms with van der Waals surface area (Å²) < 4.78 is 20.5. The topological polar surface area (TPSA) is 73.2 Å². The van der Waals surface area contributed by atoms with Crippen molar-refractivity contribution in [2.75, 3.05) is 12.4 Å². The molecule has 8 heteroatoms. The van der Waals surface area contributed by atoms with E-state index >= 15 is 0 Å². The Labute approximate surface area is 175 Å². The van der Waals surface area contributed by atoms with Crippen molar-refractivity contribution in [3.8, 4) is 16.2 Å². The molecule has 2 aromatic carbocycles. The van der Waals surface area contributed by atoms with Gasteiger partial charge in [0, 0.05) is 10.6 Å². The summed E-state index contributed by atoms with van der Waals surface area (Å²) in [6.45, 7) is 1.43. The van der Waals surface area contributed by atoms with Crippen molar-refractivity contribution in [3.63, 3.8) is 0 Å². The molecular formula is C22H18FN3O3S. The van der Waals surface area contributed by atoms with Gasteiger partial charge in [-0.25, -0.2) is 9.37 Å². The number of amides is 1. The van der Waals surface area contributed by atoms with Gasteiger partial charge in [-0.15, -0.1) is 11.3 Å². The number of carbonyl (C=O) groups is 1. The van der Waals surface area contributed by atoms with E-state index in [1.807, 2.05) is 30.3 Å². The van der Waals surface area contributed by atoms with Gasteiger partial charge >= 0.3 is 0 Å². The fraction of sp³-hybridized carbons (Fsp3) is 0.136. The first-order chi connectivity index (χ1) is 14.4. The van der Waals surface area contributed by atoms with Crippen molar-refractivity contribution >= 4 is 33.1 Å². The van der Waals surface area contributed by atoms with Gasteiger partial charge in [0.15, 0.2) is 0 Å². The number of thiophene rings is 1. The number of aromatic nitrogens is 2. The molecule has 0 aliphatic heterocycles. The largest absolute Gasteiger partial charge is 0.497 e. The Morgan fingerprint density at radius 1 is 1.20 bits per heavy atom. The SMILES string of the molecule is COc1ccc(-c2cc3ncn(CC(=O)Nc4ccc(C)c(F)c4)c(=O)c3s2)cc1. The van der Waals surface area contributed by atoms with E-state index in [1.165, 1.54) is 28.3 Å². The van der Waals surface area contributed by atoms with Crippen LogP contribution in [0.3, 0.4) is 0 Å². The summed E-state index contributed by atoms with van der Waals surface area (Å²) in [5, 5.41) is 2.60. The Morgan fingerprint density at radius 2 is 1.97 bits per heavy atom. The minimum Gasteiger partial charge on any atom is -0.497 e. The van der Waals surface area contributed by atoms with Crippen molar-refractivity contribution in [3.05, 3.63) is 76.6 Å². The van der Waals surface area contributed by atoms with Crippen LogP contribution in [0.15, 0.2) is 59.7 Å². The fourth-order valence-corrected chi connectivity index (χ4v) is 4.05. The van der Waals surface area contributed by atoms with E-state index in [9.17, 15) is 14.0 Å². The molecule has 0 aliphatic carbocycles. The van der Waals surface area contributed by atoms with E-state index in [0.717, 1.165) is 16.2 Å². The lowest BCUT2D eigenvalue weighted by Crippen LogP contribution is -2.27. The maximum atomic E-state index is 13.7. The van der Waals surface area contributed by atoms with Gasteiger partial charge in [0.25, 0.3) is 5.56 Å². The number of fused-ring (bicyclic) bond motifs is 1. The summed E-state index contributed by atoms with van der Waals surface area (Å²) in [4.78, 5) is 30.4. The second kappa shape index (κ2) is 8.08. The fourth-order valence-electron chi connectivity index (χ4n) is 2.98. The number of benzene rings is 2. The van der Waals surface area contributed by atoms with Crippen molar-refractivity contribution in [2.24, 2.45) is 0 Å². The average molecular weight is 423 g/mol. The Bertz CT molecular complexity index is 1300. The number of anilines is 1. The number of carbonyl (C=O) groups excluding carboxylic acids is 1. The van der Waals surface area contributed by atoms with Crippen LogP contribution in [0.4, 0.5) is 10.1 Å². The third-order valence-corrected chi connectivity index (χ3v) is 5.81. The van der Waals surface area contributed by atoms with E-state index < -0.39 is 11.7 Å². The zero-order chi connectivity index (χ0) is 21.3. The van der Waals surface area contributed by atoms with Gasteiger partial charge in [0.1, 0.15) is 22.8 Å². The molecule has 2 aromatic heterocycles. The van der Waals surface area contributed by atoms with Crippen LogP contribution < -0.4 is 15.6 Å². The highest BCUT2D eigenvalue weighted by molar-refractivity contribution is 7.22. The number of nitrogens with zero attached hydrogens (tertiary/aromatic N) is 2. The maximum Gasteiger partial charge on any atom is 0.271 e. The van der Waals surface area contributed by atoms with Gasteiger partial charge < -0.3 is 10.1 Å². The highest BCUT2D eigenvalue weighted by Crippen LogP contribution is 2.31. The molecule has 1 N–H and O–H groups in total. The van der Waals surface area contributed by atoms with E-state index in [-0.39, 0.29) is 12.1 Å². The van der Waals surface area contributed by atoms with E-state index in [4.69, 9.17) is 4.74 Å². The molecule has 0 saturated carbocycles. The van der Waals surface area contributed by atoms with E-state index in [1.54, 1.807) is 26.2 Å². The highest BCUT2D eigenvalue weighted by atomic mass is 32.1. The predicted molar refractivity (Wildman–Crippen MR) is 116 cm³/mol. The summed E-state index contributed by atoms with van der Waals surface area (Å²) >= 11 is 1.32. The number of aryl methyl sites for hydroxylation is 1. The summed E-state index contributed by atoms with van der Waals surface area (Å²) in [5.41, 5.74) is 2.05. The van der Waals surface area contributed by atoms with Crippen LogP contribution in [0.1, 0.15) is 5.56 Å². The number of nitrogens with one attached hydrogen (secondary N) is 1. The third kappa shape index (κ3) is 3.95. The molecule has 0 spiro atoms. The molecule has 0 aliphatic rings. The zero-order valence-corrected chi connectivity index (χ0v) is 17.1. The first-order valence-electron chi connectivity index (χ1n) is 9.14. The van der Waals surface area contributed by atoms with Crippen LogP contribution in [0, 0.1) is 12.7 Å². The van der Waals surface area contributed by atoms with Gasteiger partial charge in [-0.1, -0.05) is 6.07 Å². The minimum absolute atomic E-state index is 0.215. The molecule has 0 radical (unpaired) electrons. The molecule has 152 valence electrons. The van der Waals surface area contributed by atoms with Crippen LogP contribution >= 0.6 is 11.3 Å². The summed E-state index contributed by atoms with van der Waals surface area (Å²) in [5.74, 6) is -0.0917. The Hall–Kier alpha value is -3.52. The molecule has 30 heavy (non-hydrogen) atoms. The standard InChI is InChI=1S/C22H18FN3O3S/c1-13-3-6-15(9-17(13)23)25-20(27)11-26-12-24-18-10-19(30-21(18)22(26)28)14-4-7-16(29-2)8-5-14/h3-10,12H,11H2,1-2H3,(H,25,27). The molecule has 0 saturated heterocycles. The zero-order valence-electron chi connectivity index (χ0n) is 16.3. The molecule has 4 rings (SSSR count). The predicted octanol–water partition coefficient (Wildman–Crippen LogP) is 4.22. The first kappa shape index (κ1) is 19.8. The number of rotatable bonds is 5. The molecule has 0 atom stereocenters. The van der Waals surface area contributed by atoms with Gasteiger partial charge in [-0.05, 0) is 60.5 Å². The molecule has 0 fully saturated rings. The number of ether oxygens (including phenoxy) is 1. The minimum atomic E-state index is -0.437. The Kier molecular flexibility index (Phi) is 5.33. The Morgan fingerprint density at radius 3 is 2.67 bits per heavy atom. The molecule has 1 amide bonds. The summed E-state index contributed by atoms with van der Waals surface area (Å²) in [7, 11) is 1.60. The maximum absolute atomic E-state index is 13.7. The molecule has 0 bridgehead atoms. The third-order valence-electron chi connectivity index (χ3n) is 4.65. The number of hydrogen-bond donors (Lipinski definition) is 1. The van der Waals surface area contributed by atoms with Gasteiger partial charge in [0.2, 0.25) is 5.91 Å². The summed E-state index contributed by atoms with van der Waals surface area (Å²) in [6, 6.07) is 13.8. The molecule has 0 unspecified atom stereocenters. The monoisotopic (exact) mass is 423 g/mol. The van der Waals surface area contributed by atoms with Crippen molar-refractivity contribution in [1.82, 2.24) is 9.55 Å². The second-order valence-electron chi connectivity index (χ2n) is 6.74. The van der Waals surface area contributed by atoms with Crippen molar-refractivity contribution < 1.29 is 13.9 Å².